The average molecular weight is 1110 g/mol. The summed E-state index contributed by atoms with van der Waals surface area (Å²) in [5.41, 5.74) is 0. The molecule has 0 radical (unpaired) electrons. The lowest BCUT2D eigenvalue weighted by Gasteiger charge is -2.15. The standard InChI is InChI=1S/C75H128O5/c1-3-5-7-9-11-13-15-17-19-21-23-25-27-29-31-32-33-34-35-36-37-38-39-40-41-42-44-45-47-49-51-53-55-57-59-61-63-65-67-69-74(77)79-72-73(71-76)80-75(78)70-68-66-64-62-60-58-56-54-52-50-48-46-43-30-28-26-24-22-20-18-16-14-12-10-8-6-4-2/h6,8,12,14-15,17-18,20-21,23-24,26-27,29-30,43,48,50,54,56,73,76H,3-5,7,9-11,13,16,19,22,25,28,31-42,44-47,49,51-53,55,57-72H2,1-2H3/b8-6-,14-12-,17-15-,20-18-,23-21-,26-24-,29-27-,43-30-,50-48-,56-54-. The number of carbonyl (C=O) groups excluding carboxylic acids is 2. The number of esters is 2. The highest BCUT2D eigenvalue weighted by Gasteiger charge is 2.16. The third kappa shape index (κ3) is 66.8. The van der Waals surface area contributed by atoms with Gasteiger partial charge in [-0.15, -0.1) is 0 Å². The molecule has 1 unspecified atom stereocenters. The second-order valence-electron chi connectivity index (χ2n) is 22.5. The van der Waals surface area contributed by atoms with Crippen LogP contribution in [0.25, 0.3) is 0 Å². The first kappa shape index (κ1) is 76.3. The minimum atomic E-state index is -0.791. The van der Waals surface area contributed by atoms with Crippen LogP contribution in [-0.4, -0.2) is 36.4 Å². The summed E-state index contributed by atoms with van der Waals surface area (Å²) in [6.45, 7) is 4.02. The van der Waals surface area contributed by atoms with E-state index >= 15 is 0 Å². The molecule has 80 heavy (non-hydrogen) atoms. The van der Waals surface area contributed by atoms with Crippen molar-refractivity contribution < 1.29 is 24.2 Å². The molecule has 0 aliphatic carbocycles. The van der Waals surface area contributed by atoms with Gasteiger partial charge in [-0.2, -0.15) is 0 Å². The Morgan fingerprint density at radius 2 is 0.537 bits per heavy atom. The quantitative estimate of drug-likeness (QED) is 0.0373. The fraction of sp³-hybridized carbons (Fsp3) is 0.707. The molecular formula is C75H128O5. The van der Waals surface area contributed by atoms with Gasteiger partial charge in [0.15, 0.2) is 6.10 Å². The smallest absolute Gasteiger partial charge is 0.306 e. The highest BCUT2D eigenvalue weighted by atomic mass is 16.6. The molecule has 0 aromatic rings. The molecule has 0 saturated carbocycles. The molecule has 0 saturated heterocycles. The van der Waals surface area contributed by atoms with Gasteiger partial charge in [0.1, 0.15) is 6.61 Å². The predicted octanol–water partition coefficient (Wildman–Crippen LogP) is 23.8. The van der Waals surface area contributed by atoms with Crippen LogP contribution in [0.3, 0.4) is 0 Å². The summed E-state index contributed by atoms with van der Waals surface area (Å²) < 4.78 is 10.7. The van der Waals surface area contributed by atoms with E-state index in [1.165, 1.54) is 180 Å². The lowest BCUT2D eigenvalue weighted by Crippen LogP contribution is -2.28. The molecule has 0 aromatic heterocycles. The fourth-order valence-corrected chi connectivity index (χ4v) is 9.66. The largest absolute Gasteiger partial charge is 0.462 e. The molecule has 0 rings (SSSR count). The third-order valence-corrected chi connectivity index (χ3v) is 14.7. The Balaban J connectivity index is 3.48. The van der Waals surface area contributed by atoms with Crippen LogP contribution in [0.15, 0.2) is 122 Å². The van der Waals surface area contributed by atoms with E-state index in [4.69, 9.17) is 9.47 Å². The average Bonchev–Trinajstić information content (AvgIpc) is 3.46. The maximum absolute atomic E-state index is 12.3. The monoisotopic (exact) mass is 1110 g/mol. The summed E-state index contributed by atoms with van der Waals surface area (Å²) in [6, 6.07) is 0. The van der Waals surface area contributed by atoms with Crippen molar-refractivity contribution in [1.29, 1.82) is 0 Å². The van der Waals surface area contributed by atoms with Gasteiger partial charge in [-0.05, 0) is 109 Å². The Morgan fingerprint density at radius 1 is 0.300 bits per heavy atom. The molecule has 0 spiro atoms. The van der Waals surface area contributed by atoms with Crippen LogP contribution in [-0.2, 0) is 19.1 Å². The van der Waals surface area contributed by atoms with Crippen molar-refractivity contribution >= 4 is 11.9 Å². The van der Waals surface area contributed by atoms with Crippen molar-refractivity contribution in [3.8, 4) is 0 Å². The maximum atomic E-state index is 12.3. The maximum Gasteiger partial charge on any atom is 0.306 e. The van der Waals surface area contributed by atoms with Gasteiger partial charge in [0.05, 0.1) is 6.61 Å². The normalized spacial score (nSPS) is 13.0. The summed E-state index contributed by atoms with van der Waals surface area (Å²) in [4.78, 5) is 24.6. The van der Waals surface area contributed by atoms with E-state index in [-0.39, 0.29) is 25.2 Å². The highest BCUT2D eigenvalue weighted by molar-refractivity contribution is 5.70. The number of aliphatic hydroxyl groups excluding tert-OH is 1. The van der Waals surface area contributed by atoms with Crippen LogP contribution in [0.2, 0.25) is 0 Å². The first-order chi connectivity index (χ1) is 39.6. The summed E-state index contributed by atoms with van der Waals surface area (Å²) in [7, 11) is 0. The predicted molar refractivity (Wildman–Crippen MR) is 352 cm³/mol. The first-order valence-corrected chi connectivity index (χ1v) is 34.1. The number of rotatable bonds is 62. The Hall–Kier alpha value is -3.70. The van der Waals surface area contributed by atoms with Crippen LogP contribution in [0.1, 0.15) is 322 Å². The summed E-state index contributed by atoms with van der Waals surface area (Å²) in [5.74, 6) is -0.608. The van der Waals surface area contributed by atoms with Gasteiger partial charge in [0.25, 0.3) is 0 Å². The first-order valence-electron chi connectivity index (χ1n) is 34.1. The number of aliphatic hydroxyl groups is 1. The summed E-state index contributed by atoms with van der Waals surface area (Å²) in [6.07, 6.45) is 102. The van der Waals surface area contributed by atoms with Crippen molar-refractivity contribution in [3.63, 3.8) is 0 Å². The van der Waals surface area contributed by atoms with E-state index in [2.05, 4.69) is 135 Å². The number of unbranched alkanes of at least 4 members (excludes halogenated alkanes) is 34. The van der Waals surface area contributed by atoms with Crippen molar-refractivity contribution in [2.75, 3.05) is 13.2 Å². The molecule has 1 atom stereocenters. The molecule has 0 aliphatic rings. The van der Waals surface area contributed by atoms with E-state index in [9.17, 15) is 14.7 Å². The number of allylic oxidation sites excluding steroid dienone is 20. The lowest BCUT2D eigenvalue weighted by molar-refractivity contribution is -0.161. The van der Waals surface area contributed by atoms with Crippen LogP contribution in [0, 0.1) is 0 Å². The number of carbonyl (C=O) groups is 2. The second kappa shape index (κ2) is 69.6. The highest BCUT2D eigenvalue weighted by Crippen LogP contribution is 2.17. The van der Waals surface area contributed by atoms with E-state index in [0.717, 1.165) is 116 Å². The van der Waals surface area contributed by atoms with Gasteiger partial charge in [0.2, 0.25) is 0 Å². The molecular weight excluding hydrogens is 981 g/mol. The van der Waals surface area contributed by atoms with Gasteiger partial charge in [-0.25, -0.2) is 0 Å². The Morgan fingerprint density at radius 3 is 0.812 bits per heavy atom. The molecule has 0 bridgehead atoms. The van der Waals surface area contributed by atoms with Crippen molar-refractivity contribution in [1.82, 2.24) is 0 Å². The minimum Gasteiger partial charge on any atom is -0.462 e. The van der Waals surface area contributed by atoms with Crippen molar-refractivity contribution in [2.24, 2.45) is 0 Å². The topological polar surface area (TPSA) is 72.8 Å². The SMILES string of the molecule is CC/C=C\C/C=C\C/C=C\C/C=C\C/C=C\C/C=C\C/C=C\CCCCCCCC(=O)OC(CO)COC(=O)CCCCCCCCCCCCCCCCCCCCCCCCCC/C=C\C/C=C\C/C=C\CCCCCCC. The van der Waals surface area contributed by atoms with Gasteiger partial charge < -0.3 is 14.6 Å². The lowest BCUT2D eigenvalue weighted by atomic mass is 10.0. The Kier molecular flexibility index (Phi) is 66.4. The van der Waals surface area contributed by atoms with Crippen LogP contribution < -0.4 is 0 Å². The molecule has 0 heterocycles. The van der Waals surface area contributed by atoms with Crippen LogP contribution in [0.4, 0.5) is 0 Å². The van der Waals surface area contributed by atoms with E-state index in [1.807, 2.05) is 0 Å². The Bertz CT molecular complexity index is 1590. The zero-order valence-electron chi connectivity index (χ0n) is 52.6. The van der Waals surface area contributed by atoms with Gasteiger partial charge in [0, 0.05) is 12.8 Å². The number of hydrogen-bond acceptors (Lipinski definition) is 5. The van der Waals surface area contributed by atoms with E-state index < -0.39 is 6.10 Å². The molecule has 5 nitrogen and oxygen atoms in total. The van der Waals surface area contributed by atoms with Crippen molar-refractivity contribution in [2.45, 2.75) is 328 Å². The van der Waals surface area contributed by atoms with E-state index in [0.29, 0.717) is 12.8 Å². The number of ether oxygens (including phenoxy) is 2. The minimum absolute atomic E-state index is 0.0777. The zero-order chi connectivity index (χ0) is 57.6. The van der Waals surface area contributed by atoms with Gasteiger partial charge >= 0.3 is 11.9 Å². The third-order valence-electron chi connectivity index (χ3n) is 14.7. The second-order valence-corrected chi connectivity index (χ2v) is 22.5. The summed E-state index contributed by atoms with van der Waals surface area (Å²) in [5, 5.41) is 9.69. The molecule has 458 valence electrons. The summed E-state index contributed by atoms with van der Waals surface area (Å²) >= 11 is 0. The van der Waals surface area contributed by atoms with E-state index in [1.54, 1.807) is 0 Å². The molecule has 0 fully saturated rings. The fourth-order valence-electron chi connectivity index (χ4n) is 9.66. The molecule has 0 aromatic carbocycles. The van der Waals surface area contributed by atoms with Crippen molar-refractivity contribution in [3.05, 3.63) is 122 Å². The molecule has 0 amide bonds. The molecule has 1 N–H and O–H groups in total. The van der Waals surface area contributed by atoms with Gasteiger partial charge in [-0.3, -0.25) is 9.59 Å². The zero-order valence-corrected chi connectivity index (χ0v) is 52.6. The van der Waals surface area contributed by atoms with Crippen LogP contribution >= 0.6 is 0 Å². The van der Waals surface area contributed by atoms with Gasteiger partial charge in [-0.1, -0.05) is 322 Å². The van der Waals surface area contributed by atoms with Crippen LogP contribution in [0.5, 0.6) is 0 Å². The number of hydrogen-bond donors (Lipinski definition) is 1. The molecule has 0 aliphatic heterocycles. The Labute approximate surface area is 496 Å². The molecule has 5 heteroatoms.